The number of rotatable bonds is 8. The van der Waals surface area contributed by atoms with Crippen LogP contribution < -0.4 is 19.5 Å². The van der Waals surface area contributed by atoms with E-state index in [1.165, 1.54) is 11.3 Å². The van der Waals surface area contributed by atoms with Gasteiger partial charge in [-0.3, -0.25) is 10.1 Å². The van der Waals surface area contributed by atoms with Crippen molar-refractivity contribution < 1.29 is 23.4 Å². The number of hydrogen-bond donors (Lipinski definition) is 1. The predicted octanol–water partition coefficient (Wildman–Crippen LogP) is 5.25. The smallest absolute Gasteiger partial charge is 0.293 e. The van der Waals surface area contributed by atoms with Crippen LogP contribution in [0.4, 0.5) is 5.13 Å². The molecule has 8 heteroatoms. The monoisotopic (exact) mass is 436 g/mol. The normalized spacial score (nSPS) is 10.5. The molecule has 2 aromatic carbocycles. The molecule has 0 saturated heterocycles. The summed E-state index contributed by atoms with van der Waals surface area (Å²) in [6, 6.07) is 18.3. The van der Waals surface area contributed by atoms with Gasteiger partial charge in [0.05, 0.1) is 19.9 Å². The van der Waals surface area contributed by atoms with Crippen LogP contribution in [0, 0.1) is 0 Å². The van der Waals surface area contributed by atoms with Gasteiger partial charge in [-0.15, -0.1) is 11.3 Å². The minimum atomic E-state index is -0.376. The Bertz CT molecular complexity index is 1170. The van der Waals surface area contributed by atoms with E-state index in [2.05, 4.69) is 10.3 Å². The molecule has 0 atom stereocenters. The van der Waals surface area contributed by atoms with E-state index in [1.807, 2.05) is 53.9 Å². The van der Waals surface area contributed by atoms with Gasteiger partial charge in [0.1, 0.15) is 18.1 Å². The summed E-state index contributed by atoms with van der Waals surface area (Å²) in [4.78, 5) is 17.0. The summed E-state index contributed by atoms with van der Waals surface area (Å²) in [5.41, 5.74) is 1.57. The van der Waals surface area contributed by atoms with Crippen molar-refractivity contribution in [3.8, 4) is 28.5 Å². The second kappa shape index (κ2) is 9.36. The number of carbonyl (C=O) groups is 1. The van der Waals surface area contributed by atoms with E-state index < -0.39 is 0 Å². The van der Waals surface area contributed by atoms with Gasteiger partial charge in [0, 0.05) is 10.9 Å². The second-order valence-corrected chi connectivity index (χ2v) is 7.29. The zero-order chi connectivity index (χ0) is 21.6. The number of aromatic nitrogens is 1. The van der Waals surface area contributed by atoms with Crippen molar-refractivity contribution in [3.05, 3.63) is 77.6 Å². The van der Waals surface area contributed by atoms with Crippen LogP contribution in [0.3, 0.4) is 0 Å². The van der Waals surface area contributed by atoms with Gasteiger partial charge >= 0.3 is 0 Å². The number of para-hydroxylation sites is 1. The van der Waals surface area contributed by atoms with Crippen LogP contribution in [0.1, 0.15) is 16.3 Å². The highest BCUT2D eigenvalue weighted by Gasteiger charge is 2.15. The van der Waals surface area contributed by atoms with Gasteiger partial charge in [0.25, 0.3) is 5.91 Å². The Balaban J connectivity index is 1.40. The van der Waals surface area contributed by atoms with Crippen molar-refractivity contribution >= 4 is 22.4 Å². The highest BCUT2D eigenvalue weighted by molar-refractivity contribution is 7.14. The second-order valence-electron chi connectivity index (χ2n) is 6.43. The van der Waals surface area contributed by atoms with Gasteiger partial charge in [0.15, 0.2) is 22.4 Å². The average molecular weight is 436 g/mol. The number of furan rings is 1. The number of amides is 1. The molecule has 158 valence electrons. The van der Waals surface area contributed by atoms with E-state index >= 15 is 0 Å². The predicted molar refractivity (Wildman–Crippen MR) is 118 cm³/mol. The third-order valence-corrected chi connectivity index (χ3v) is 5.17. The van der Waals surface area contributed by atoms with E-state index in [1.54, 1.807) is 26.4 Å². The molecule has 1 amide bonds. The van der Waals surface area contributed by atoms with Crippen molar-refractivity contribution in [3.63, 3.8) is 0 Å². The third-order valence-electron chi connectivity index (χ3n) is 4.41. The molecule has 1 N–H and O–H groups in total. The fourth-order valence-corrected chi connectivity index (χ4v) is 3.58. The summed E-state index contributed by atoms with van der Waals surface area (Å²) in [6.45, 7) is 0.234. The lowest BCUT2D eigenvalue weighted by atomic mass is 10.1. The van der Waals surface area contributed by atoms with Crippen molar-refractivity contribution in [1.29, 1.82) is 0 Å². The number of thiazole rings is 1. The molecule has 0 aliphatic rings. The van der Waals surface area contributed by atoms with Crippen LogP contribution in [-0.2, 0) is 6.61 Å². The van der Waals surface area contributed by atoms with Crippen LogP contribution in [0.15, 0.2) is 70.5 Å². The number of carbonyl (C=O) groups excluding carboxylic acids is 1. The maximum atomic E-state index is 12.5. The van der Waals surface area contributed by atoms with E-state index in [0.717, 1.165) is 17.0 Å². The molecule has 0 saturated carbocycles. The molecule has 0 bridgehead atoms. The minimum Gasteiger partial charge on any atom is -0.493 e. The lowest BCUT2D eigenvalue weighted by molar-refractivity contribution is 0.0992. The average Bonchev–Trinajstić information content (AvgIpc) is 3.48. The maximum absolute atomic E-state index is 12.5. The number of anilines is 1. The minimum absolute atomic E-state index is 0.189. The molecule has 0 spiro atoms. The first-order valence-corrected chi connectivity index (χ1v) is 10.3. The number of methoxy groups -OCH3 is 2. The Morgan fingerprint density at radius 3 is 2.61 bits per heavy atom. The van der Waals surface area contributed by atoms with Gasteiger partial charge in [0.2, 0.25) is 0 Å². The number of nitrogens with one attached hydrogen (secondary N) is 1. The fourth-order valence-electron chi connectivity index (χ4n) is 2.87. The molecule has 31 heavy (non-hydrogen) atoms. The third kappa shape index (κ3) is 4.87. The number of ether oxygens (including phenoxy) is 3. The summed E-state index contributed by atoms with van der Waals surface area (Å²) in [5.74, 6) is 2.35. The first-order chi connectivity index (χ1) is 15.2. The molecule has 0 aliphatic carbocycles. The molecule has 0 unspecified atom stereocenters. The van der Waals surface area contributed by atoms with Crippen molar-refractivity contribution in [2.45, 2.75) is 6.61 Å². The molecule has 4 aromatic rings. The Labute approximate surface area is 183 Å². The zero-order valence-corrected chi connectivity index (χ0v) is 17.8. The van der Waals surface area contributed by atoms with Gasteiger partial charge < -0.3 is 18.6 Å². The Morgan fingerprint density at radius 2 is 1.84 bits per heavy atom. The maximum Gasteiger partial charge on any atom is 0.293 e. The topological polar surface area (TPSA) is 82.8 Å². The summed E-state index contributed by atoms with van der Waals surface area (Å²) >= 11 is 1.32. The highest BCUT2D eigenvalue weighted by Crippen LogP contribution is 2.33. The van der Waals surface area contributed by atoms with Crippen LogP contribution in [0.25, 0.3) is 11.3 Å². The van der Waals surface area contributed by atoms with Crippen molar-refractivity contribution in [2.75, 3.05) is 19.5 Å². The van der Waals surface area contributed by atoms with Crippen LogP contribution in [0.2, 0.25) is 0 Å². The van der Waals surface area contributed by atoms with Gasteiger partial charge in [-0.1, -0.05) is 18.2 Å². The summed E-state index contributed by atoms with van der Waals surface area (Å²) in [5, 5.41) is 5.09. The SMILES string of the molecule is COc1ccc(-c2csc(NC(=O)c3ccc(COc4ccccc4)o3)n2)cc1OC. The summed E-state index contributed by atoms with van der Waals surface area (Å²) < 4.78 is 21.8. The Kier molecular flexibility index (Phi) is 6.18. The number of hydrogen-bond acceptors (Lipinski definition) is 7. The molecular formula is C23H20N2O5S. The summed E-state index contributed by atoms with van der Waals surface area (Å²) in [7, 11) is 3.17. The van der Waals surface area contributed by atoms with Gasteiger partial charge in [-0.25, -0.2) is 4.98 Å². The fraction of sp³-hybridized carbons (Fsp3) is 0.130. The van der Waals surface area contributed by atoms with Crippen LogP contribution in [0.5, 0.6) is 17.2 Å². The van der Waals surface area contributed by atoms with E-state index in [0.29, 0.717) is 22.4 Å². The molecule has 0 fully saturated rings. The molecule has 4 rings (SSSR count). The number of benzene rings is 2. The lowest BCUT2D eigenvalue weighted by Gasteiger charge is -2.08. The van der Waals surface area contributed by atoms with Crippen LogP contribution >= 0.6 is 11.3 Å². The largest absolute Gasteiger partial charge is 0.493 e. The lowest BCUT2D eigenvalue weighted by Crippen LogP contribution is -2.10. The quantitative estimate of drug-likeness (QED) is 0.406. The van der Waals surface area contributed by atoms with Crippen molar-refractivity contribution in [1.82, 2.24) is 4.98 Å². The van der Waals surface area contributed by atoms with Gasteiger partial charge in [-0.05, 0) is 42.5 Å². The van der Waals surface area contributed by atoms with Crippen molar-refractivity contribution in [2.24, 2.45) is 0 Å². The van der Waals surface area contributed by atoms with E-state index in [4.69, 9.17) is 18.6 Å². The number of nitrogens with zero attached hydrogens (tertiary/aromatic N) is 1. The van der Waals surface area contributed by atoms with Crippen LogP contribution in [-0.4, -0.2) is 25.1 Å². The molecule has 2 aromatic heterocycles. The molecule has 0 radical (unpaired) electrons. The molecule has 7 nitrogen and oxygen atoms in total. The molecular weight excluding hydrogens is 416 g/mol. The first kappa shape index (κ1) is 20.5. The van der Waals surface area contributed by atoms with E-state index in [9.17, 15) is 4.79 Å². The highest BCUT2D eigenvalue weighted by atomic mass is 32.1. The van der Waals surface area contributed by atoms with Gasteiger partial charge in [-0.2, -0.15) is 0 Å². The zero-order valence-electron chi connectivity index (χ0n) is 17.0. The Hall–Kier alpha value is -3.78. The first-order valence-electron chi connectivity index (χ1n) is 9.42. The molecule has 0 aliphatic heterocycles. The van der Waals surface area contributed by atoms with E-state index in [-0.39, 0.29) is 18.3 Å². The summed E-state index contributed by atoms with van der Waals surface area (Å²) in [6.07, 6.45) is 0. The molecule has 2 heterocycles. The standard InChI is InChI=1S/C23H20N2O5S/c1-27-19-10-8-15(12-21(19)28-2)18-14-31-23(24-18)25-22(26)20-11-9-17(30-20)13-29-16-6-4-3-5-7-16/h3-12,14H,13H2,1-2H3,(H,24,25,26). The Morgan fingerprint density at radius 1 is 1.03 bits per heavy atom.